The SMILES string of the molecule is C[Si](C)(C)CCOCOCCc1cc(C#N)ccc1N. The van der Waals surface area contributed by atoms with Gasteiger partial charge in [0.05, 0.1) is 18.2 Å². The fourth-order valence-corrected chi connectivity index (χ4v) is 2.39. The van der Waals surface area contributed by atoms with Gasteiger partial charge in [-0.25, -0.2) is 0 Å². The van der Waals surface area contributed by atoms with Crippen molar-refractivity contribution in [3.63, 3.8) is 0 Å². The number of nitrogens with two attached hydrogens (primary N) is 1. The van der Waals surface area contributed by atoms with Gasteiger partial charge >= 0.3 is 0 Å². The molecule has 0 saturated carbocycles. The molecule has 1 aromatic rings. The summed E-state index contributed by atoms with van der Waals surface area (Å²) in [5.41, 5.74) is 8.14. The summed E-state index contributed by atoms with van der Waals surface area (Å²) in [6, 6.07) is 8.55. The summed E-state index contributed by atoms with van der Waals surface area (Å²) < 4.78 is 10.9. The third-order valence-corrected chi connectivity index (χ3v) is 4.66. The average molecular weight is 292 g/mol. The first-order chi connectivity index (χ1) is 9.42. The van der Waals surface area contributed by atoms with E-state index in [0.717, 1.165) is 18.2 Å². The van der Waals surface area contributed by atoms with E-state index in [-0.39, 0.29) is 0 Å². The summed E-state index contributed by atoms with van der Waals surface area (Å²) in [5, 5.41) is 8.85. The smallest absolute Gasteiger partial charge is 0.146 e. The molecule has 0 spiro atoms. The highest BCUT2D eigenvalue weighted by atomic mass is 28.3. The van der Waals surface area contributed by atoms with Crippen LogP contribution < -0.4 is 5.73 Å². The fourth-order valence-electron chi connectivity index (χ4n) is 1.63. The number of hydrogen-bond acceptors (Lipinski definition) is 4. The Bertz CT molecular complexity index is 464. The Morgan fingerprint density at radius 1 is 1.20 bits per heavy atom. The van der Waals surface area contributed by atoms with Crippen LogP contribution in [0.4, 0.5) is 5.69 Å². The molecule has 0 aliphatic carbocycles. The Hall–Kier alpha value is -1.35. The van der Waals surface area contributed by atoms with Crippen LogP contribution in [0.2, 0.25) is 25.7 Å². The van der Waals surface area contributed by atoms with Gasteiger partial charge in [-0.05, 0) is 36.2 Å². The summed E-state index contributed by atoms with van der Waals surface area (Å²) in [6.07, 6.45) is 0.693. The third-order valence-electron chi connectivity index (χ3n) is 2.95. The zero-order chi connectivity index (χ0) is 15.0. The second-order valence-electron chi connectivity index (χ2n) is 6.02. The maximum absolute atomic E-state index is 8.85. The van der Waals surface area contributed by atoms with Crippen molar-refractivity contribution in [2.75, 3.05) is 25.7 Å². The van der Waals surface area contributed by atoms with Crippen LogP contribution in [-0.2, 0) is 15.9 Å². The minimum Gasteiger partial charge on any atom is -0.399 e. The molecule has 0 atom stereocenters. The van der Waals surface area contributed by atoms with Gasteiger partial charge in [-0.2, -0.15) is 5.26 Å². The molecular weight excluding hydrogens is 268 g/mol. The fraction of sp³-hybridized carbons (Fsp3) is 0.533. The van der Waals surface area contributed by atoms with Crippen LogP contribution in [-0.4, -0.2) is 28.1 Å². The minimum absolute atomic E-state index is 0.322. The van der Waals surface area contributed by atoms with Gasteiger partial charge in [0.25, 0.3) is 0 Å². The van der Waals surface area contributed by atoms with E-state index in [9.17, 15) is 0 Å². The van der Waals surface area contributed by atoms with Crippen LogP contribution in [0.1, 0.15) is 11.1 Å². The number of hydrogen-bond donors (Lipinski definition) is 1. The van der Waals surface area contributed by atoms with Crippen LogP contribution in [0.25, 0.3) is 0 Å². The molecule has 2 N–H and O–H groups in total. The third kappa shape index (κ3) is 6.71. The molecule has 0 aromatic heterocycles. The molecule has 0 fully saturated rings. The molecule has 0 heterocycles. The highest BCUT2D eigenvalue weighted by molar-refractivity contribution is 6.76. The molecule has 4 nitrogen and oxygen atoms in total. The highest BCUT2D eigenvalue weighted by Gasteiger charge is 2.11. The Balaban J connectivity index is 2.20. The average Bonchev–Trinajstić information content (AvgIpc) is 2.38. The summed E-state index contributed by atoms with van der Waals surface area (Å²) in [5.74, 6) is 0. The Morgan fingerprint density at radius 2 is 1.90 bits per heavy atom. The Labute approximate surface area is 122 Å². The molecule has 0 saturated heterocycles. The molecule has 0 radical (unpaired) electrons. The zero-order valence-electron chi connectivity index (χ0n) is 12.6. The number of anilines is 1. The molecule has 110 valence electrons. The van der Waals surface area contributed by atoms with Crippen LogP contribution in [0.15, 0.2) is 18.2 Å². The van der Waals surface area contributed by atoms with Gasteiger partial charge in [0, 0.05) is 20.4 Å². The lowest BCUT2D eigenvalue weighted by Crippen LogP contribution is -2.22. The number of nitriles is 1. The molecule has 0 unspecified atom stereocenters. The van der Waals surface area contributed by atoms with Crippen molar-refractivity contribution < 1.29 is 9.47 Å². The largest absolute Gasteiger partial charge is 0.399 e. The molecule has 20 heavy (non-hydrogen) atoms. The molecule has 0 aliphatic rings. The lowest BCUT2D eigenvalue weighted by Gasteiger charge is -2.15. The first-order valence-electron chi connectivity index (χ1n) is 6.86. The maximum atomic E-state index is 8.85. The first-order valence-corrected chi connectivity index (χ1v) is 10.6. The molecule has 5 heteroatoms. The van der Waals surface area contributed by atoms with Crippen molar-refractivity contribution in [2.45, 2.75) is 32.1 Å². The van der Waals surface area contributed by atoms with E-state index in [1.54, 1.807) is 12.1 Å². The van der Waals surface area contributed by atoms with E-state index in [4.69, 9.17) is 20.5 Å². The van der Waals surface area contributed by atoms with Gasteiger partial charge < -0.3 is 15.2 Å². The molecule has 1 aromatic carbocycles. The van der Waals surface area contributed by atoms with E-state index >= 15 is 0 Å². The van der Waals surface area contributed by atoms with E-state index in [1.165, 1.54) is 0 Å². The van der Waals surface area contributed by atoms with Crippen molar-refractivity contribution in [3.8, 4) is 6.07 Å². The summed E-state index contributed by atoms with van der Waals surface area (Å²) in [4.78, 5) is 0. The number of nitrogens with zero attached hydrogens (tertiary/aromatic N) is 1. The lowest BCUT2D eigenvalue weighted by molar-refractivity contribution is -0.0483. The summed E-state index contributed by atoms with van der Waals surface area (Å²) >= 11 is 0. The van der Waals surface area contributed by atoms with Crippen molar-refractivity contribution in [1.82, 2.24) is 0 Å². The van der Waals surface area contributed by atoms with Crippen molar-refractivity contribution in [3.05, 3.63) is 29.3 Å². The predicted octanol–water partition coefficient (Wildman–Crippen LogP) is 3.01. The summed E-state index contributed by atoms with van der Waals surface area (Å²) in [6.45, 7) is 8.60. The Kier molecular flexibility index (Phi) is 6.72. The molecule has 1 rings (SSSR count). The second-order valence-corrected chi connectivity index (χ2v) is 11.6. The van der Waals surface area contributed by atoms with Crippen molar-refractivity contribution >= 4 is 13.8 Å². The van der Waals surface area contributed by atoms with Crippen LogP contribution in [0.5, 0.6) is 0 Å². The second kappa shape index (κ2) is 8.05. The van der Waals surface area contributed by atoms with Crippen LogP contribution in [0, 0.1) is 11.3 Å². The maximum Gasteiger partial charge on any atom is 0.146 e. The molecular formula is C15H24N2O2Si. The van der Waals surface area contributed by atoms with Crippen LogP contribution >= 0.6 is 0 Å². The van der Waals surface area contributed by atoms with Gasteiger partial charge in [0.2, 0.25) is 0 Å². The monoisotopic (exact) mass is 292 g/mol. The number of rotatable bonds is 8. The number of nitrogen functional groups attached to an aromatic ring is 1. The predicted molar refractivity (Wildman–Crippen MR) is 84.2 cm³/mol. The van der Waals surface area contributed by atoms with Crippen LogP contribution in [0.3, 0.4) is 0 Å². The zero-order valence-corrected chi connectivity index (χ0v) is 13.6. The van der Waals surface area contributed by atoms with E-state index < -0.39 is 8.07 Å². The van der Waals surface area contributed by atoms with Gasteiger partial charge in [0.15, 0.2) is 0 Å². The van der Waals surface area contributed by atoms with Crippen molar-refractivity contribution in [1.29, 1.82) is 5.26 Å². The van der Waals surface area contributed by atoms with E-state index in [2.05, 4.69) is 25.7 Å². The normalized spacial score (nSPS) is 11.3. The first kappa shape index (κ1) is 16.7. The molecule has 0 aliphatic heterocycles. The highest BCUT2D eigenvalue weighted by Crippen LogP contribution is 2.14. The number of benzene rings is 1. The minimum atomic E-state index is -1.02. The molecule has 0 amide bonds. The summed E-state index contributed by atoms with van der Waals surface area (Å²) in [7, 11) is -1.02. The van der Waals surface area contributed by atoms with Gasteiger partial charge in [-0.1, -0.05) is 19.6 Å². The lowest BCUT2D eigenvalue weighted by atomic mass is 10.1. The number of ether oxygens (including phenoxy) is 2. The van der Waals surface area contributed by atoms with E-state index in [0.29, 0.717) is 31.1 Å². The van der Waals surface area contributed by atoms with Gasteiger partial charge in [0.1, 0.15) is 6.79 Å². The quantitative estimate of drug-likeness (QED) is 0.346. The Morgan fingerprint density at radius 3 is 2.55 bits per heavy atom. The standard InChI is InChI=1S/C15H24N2O2Si/c1-20(2,3)9-8-19-12-18-7-6-14-10-13(11-16)4-5-15(14)17/h4-5,10H,6-9,12,17H2,1-3H3. The van der Waals surface area contributed by atoms with E-state index in [1.807, 2.05) is 6.07 Å². The van der Waals surface area contributed by atoms with Gasteiger partial charge in [-0.15, -0.1) is 0 Å². The van der Waals surface area contributed by atoms with Gasteiger partial charge in [-0.3, -0.25) is 0 Å². The van der Waals surface area contributed by atoms with Crippen molar-refractivity contribution in [2.24, 2.45) is 0 Å². The molecule has 0 bridgehead atoms. The topological polar surface area (TPSA) is 68.3 Å².